The number of rotatable bonds is 10. The minimum Gasteiger partial charge on any atom is -0.507 e. The van der Waals surface area contributed by atoms with Crippen LogP contribution in [0.5, 0.6) is 17.2 Å². The molecule has 240 valence electrons. The molecule has 0 radical (unpaired) electrons. The van der Waals surface area contributed by atoms with Gasteiger partial charge in [0.1, 0.15) is 29.1 Å². The molecule has 2 heterocycles. The van der Waals surface area contributed by atoms with Crippen molar-refractivity contribution in [1.82, 2.24) is 0 Å². The van der Waals surface area contributed by atoms with Crippen LogP contribution in [0.4, 0.5) is 0 Å². The fourth-order valence-corrected chi connectivity index (χ4v) is 7.77. The molecule has 5 aliphatic rings. The SMILES string of the molecule is CC(C)=CCC/C(C)=C\Cc1c(O)c(CC=C(C)C)c2c(c1O)C(=O)C1=C[C@@H]3C[C@H]4C(C)(C)O[C@](C/C=C(/C)C=O)(C3=O)[C@@]14O2. The van der Waals surface area contributed by atoms with E-state index in [1.165, 1.54) is 5.57 Å². The zero-order valence-corrected chi connectivity index (χ0v) is 27.8. The number of hydrogen-bond acceptors (Lipinski definition) is 7. The van der Waals surface area contributed by atoms with Crippen LogP contribution in [0.1, 0.15) is 103 Å². The molecule has 0 aromatic heterocycles. The molecule has 3 aliphatic carbocycles. The Hall–Kier alpha value is -3.71. The van der Waals surface area contributed by atoms with Gasteiger partial charge in [-0.3, -0.25) is 14.4 Å². The second-order valence-corrected chi connectivity index (χ2v) is 14.2. The second-order valence-electron chi connectivity index (χ2n) is 14.2. The van der Waals surface area contributed by atoms with Gasteiger partial charge in [-0.2, -0.15) is 0 Å². The van der Waals surface area contributed by atoms with Gasteiger partial charge in [0.05, 0.1) is 5.60 Å². The predicted octanol–water partition coefficient (Wildman–Crippen LogP) is 7.38. The van der Waals surface area contributed by atoms with Gasteiger partial charge in [-0.15, -0.1) is 0 Å². The number of aldehydes is 1. The van der Waals surface area contributed by atoms with Crippen LogP contribution < -0.4 is 4.74 Å². The molecule has 45 heavy (non-hydrogen) atoms. The lowest BCUT2D eigenvalue weighted by atomic mass is 9.51. The van der Waals surface area contributed by atoms with Crippen LogP contribution in [0.15, 0.2) is 58.2 Å². The van der Waals surface area contributed by atoms with E-state index in [0.717, 1.165) is 30.3 Å². The molecule has 0 amide bonds. The highest BCUT2D eigenvalue weighted by atomic mass is 16.6. The summed E-state index contributed by atoms with van der Waals surface area (Å²) in [5, 5.41) is 23.4. The van der Waals surface area contributed by atoms with E-state index >= 15 is 0 Å². The highest BCUT2D eigenvalue weighted by Crippen LogP contribution is 2.68. The molecular weight excluding hydrogens is 568 g/mol. The molecule has 2 fully saturated rings. The number of hydrogen-bond donors (Lipinski definition) is 2. The average molecular weight is 615 g/mol. The van der Waals surface area contributed by atoms with E-state index in [9.17, 15) is 24.6 Å². The van der Waals surface area contributed by atoms with Gasteiger partial charge in [0, 0.05) is 35.0 Å². The monoisotopic (exact) mass is 614 g/mol. The molecule has 1 saturated carbocycles. The maximum absolute atomic E-state index is 14.7. The molecule has 6 rings (SSSR count). The van der Waals surface area contributed by atoms with Crippen molar-refractivity contribution in [2.24, 2.45) is 11.8 Å². The molecular formula is C38H46O7. The van der Waals surface area contributed by atoms with Crippen molar-refractivity contribution in [3.8, 4) is 17.2 Å². The maximum atomic E-state index is 14.7. The average Bonchev–Trinajstić information content (AvgIpc) is 3.12. The predicted molar refractivity (Wildman–Crippen MR) is 174 cm³/mol. The van der Waals surface area contributed by atoms with Crippen molar-refractivity contribution in [3.63, 3.8) is 0 Å². The Morgan fingerprint density at radius 3 is 2.24 bits per heavy atom. The number of carbonyl (C=O) groups excluding carboxylic acids is 3. The first-order chi connectivity index (χ1) is 21.1. The van der Waals surface area contributed by atoms with Gasteiger partial charge in [0.25, 0.3) is 0 Å². The van der Waals surface area contributed by atoms with E-state index in [-0.39, 0.29) is 59.3 Å². The van der Waals surface area contributed by atoms with Crippen molar-refractivity contribution < 1.29 is 34.1 Å². The fraction of sp³-hybridized carbons (Fsp3) is 0.500. The van der Waals surface area contributed by atoms with Crippen LogP contribution in [0, 0.1) is 11.8 Å². The standard InChI is InChI=1S/C38H46O7/c1-21(2)10-9-11-23(5)13-15-26-31(40)27(14-12-22(3)4)34-30(32(26)41)33(42)28-18-25-19-29-36(7,8)45-37(35(25)43,38(28,29)44-34)17-16-24(6)20-39/h10,12-13,16,18,20,25,29,40-41H,9,11,14-15,17,19H2,1-8H3/b23-13-,24-16-/t25-,29+,37-,38-/m1/s1. The Kier molecular flexibility index (Phi) is 8.41. The first kappa shape index (κ1) is 32.7. The number of aromatic hydroxyl groups is 2. The van der Waals surface area contributed by atoms with Gasteiger partial charge in [0.15, 0.2) is 22.8 Å². The van der Waals surface area contributed by atoms with E-state index in [0.29, 0.717) is 23.1 Å². The Morgan fingerprint density at radius 2 is 1.60 bits per heavy atom. The number of carbonyl (C=O) groups is 3. The van der Waals surface area contributed by atoms with Crippen molar-refractivity contribution in [2.75, 3.05) is 0 Å². The molecule has 7 nitrogen and oxygen atoms in total. The van der Waals surface area contributed by atoms with Crippen LogP contribution in [0.25, 0.3) is 0 Å². The topological polar surface area (TPSA) is 110 Å². The summed E-state index contributed by atoms with van der Waals surface area (Å²) in [6.45, 7) is 15.5. The number of phenolic OH excluding ortho intramolecular Hbond substituents is 2. The Morgan fingerprint density at radius 1 is 0.933 bits per heavy atom. The first-order valence-electron chi connectivity index (χ1n) is 16.0. The summed E-state index contributed by atoms with van der Waals surface area (Å²) in [7, 11) is 0. The third-order valence-electron chi connectivity index (χ3n) is 10.0. The zero-order valence-electron chi connectivity index (χ0n) is 27.8. The summed E-state index contributed by atoms with van der Waals surface area (Å²) in [5.74, 6) is -1.83. The van der Waals surface area contributed by atoms with E-state index in [4.69, 9.17) is 9.47 Å². The van der Waals surface area contributed by atoms with Crippen LogP contribution in [0.2, 0.25) is 0 Å². The Labute approximate surface area is 266 Å². The van der Waals surface area contributed by atoms with Gasteiger partial charge in [-0.25, -0.2) is 0 Å². The fourth-order valence-electron chi connectivity index (χ4n) is 7.77. The van der Waals surface area contributed by atoms with Crippen molar-refractivity contribution in [3.05, 3.63) is 74.9 Å². The summed E-state index contributed by atoms with van der Waals surface area (Å²) >= 11 is 0. The third-order valence-corrected chi connectivity index (χ3v) is 10.0. The molecule has 2 N–H and O–H groups in total. The van der Waals surface area contributed by atoms with Crippen molar-refractivity contribution >= 4 is 17.9 Å². The smallest absolute Gasteiger partial charge is 0.200 e. The minimum absolute atomic E-state index is 0.0133. The van der Waals surface area contributed by atoms with Crippen LogP contribution in [-0.4, -0.2) is 44.9 Å². The number of Topliss-reactive ketones (excluding diaryl/α,β-unsaturated/α-hetero) is 2. The van der Waals surface area contributed by atoms with E-state index in [2.05, 4.69) is 19.9 Å². The molecule has 1 aromatic carbocycles. The van der Waals surface area contributed by atoms with E-state index < -0.39 is 28.5 Å². The maximum Gasteiger partial charge on any atom is 0.200 e. The number of allylic oxidation sites excluding steroid dienone is 8. The van der Waals surface area contributed by atoms with E-state index in [1.54, 1.807) is 19.1 Å². The third kappa shape index (κ3) is 5.04. The highest BCUT2D eigenvalue weighted by molar-refractivity contribution is 6.18. The van der Waals surface area contributed by atoms with Crippen LogP contribution >= 0.6 is 0 Å². The zero-order chi connectivity index (χ0) is 33.1. The van der Waals surface area contributed by atoms with Crippen molar-refractivity contribution in [1.29, 1.82) is 0 Å². The largest absolute Gasteiger partial charge is 0.507 e. The number of benzene rings is 1. The van der Waals surface area contributed by atoms with Gasteiger partial charge in [-0.05, 0) is 93.1 Å². The van der Waals surface area contributed by atoms with Gasteiger partial charge in [-0.1, -0.05) is 47.1 Å². The number of ketones is 2. The lowest BCUT2D eigenvalue weighted by molar-refractivity contribution is -0.171. The summed E-state index contributed by atoms with van der Waals surface area (Å²) < 4.78 is 13.7. The summed E-state index contributed by atoms with van der Waals surface area (Å²) in [6.07, 6.45) is 12.9. The van der Waals surface area contributed by atoms with Gasteiger partial charge >= 0.3 is 0 Å². The molecule has 2 aliphatic heterocycles. The first-order valence-corrected chi connectivity index (χ1v) is 16.0. The Bertz CT molecular complexity index is 1620. The quantitative estimate of drug-likeness (QED) is 0.161. The molecule has 1 aromatic rings. The van der Waals surface area contributed by atoms with Crippen LogP contribution in [0.3, 0.4) is 0 Å². The van der Waals surface area contributed by atoms with Gasteiger partial charge < -0.3 is 19.7 Å². The molecule has 1 saturated heterocycles. The molecule has 1 spiro atoms. The van der Waals surface area contributed by atoms with E-state index in [1.807, 2.05) is 46.8 Å². The summed E-state index contributed by atoms with van der Waals surface area (Å²) in [5.41, 5.74) is 0.953. The summed E-state index contributed by atoms with van der Waals surface area (Å²) in [6, 6.07) is 0. The highest BCUT2D eigenvalue weighted by Gasteiger charge is 2.81. The molecule has 7 heteroatoms. The van der Waals surface area contributed by atoms with Crippen LogP contribution in [-0.2, 0) is 27.2 Å². The Balaban J connectivity index is 1.71. The number of phenols is 2. The molecule has 4 bridgehead atoms. The molecule has 4 atom stereocenters. The lowest BCUT2D eigenvalue weighted by Gasteiger charge is -2.56. The van der Waals surface area contributed by atoms with Gasteiger partial charge in [0.2, 0.25) is 0 Å². The molecule has 0 unspecified atom stereocenters. The summed E-state index contributed by atoms with van der Waals surface area (Å²) in [4.78, 5) is 40.4. The minimum atomic E-state index is -1.55. The second kappa shape index (κ2) is 11.6. The normalized spacial score (nSPS) is 27.8. The van der Waals surface area contributed by atoms with Crippen molar-refractivity contribution in [2.45, 2.75) is 111 Å². The number of ether oxygens (including phenoxy) is 2. The number of fused-ring (bicyclic) bond motifs is 1. The lowest BCUT2D eigenvalue weighted by Crippen LogP contribution is -2.72.